The van der Waals surface area contributed by atoms with Crippen LogP contribution in [0.4, 0.5) is 0 Å². The van der Waals surface area contributed by atoms with Gasteiger partial charge in [-0.2, -0.15) is 0 Å². The number of hydrogen-bond acceptors (Lipinski definition) is 6. The summed E-state index contributed by atoms with van der Waals surface area (Å²) in [6.45, 7) is 3.80. The number of benzene rings is 3. The molecule has 5 rings (SSSR count). The number of nitrogens with zero attached hydrogens (tertiary/aromatic N) is 2. The first-order valence-electron chi connectivity index (χ1n) is 11.3. The molecule has 1 aromatic heterocycles. The fourth-order valence-corrected chi connectivity index (χ4v) is 5.47. The highest BCUT2D eigenvalue weighted by Gasteiger charge is 2.34. The first-order valence-corrected chi connectivity index (χ1v) is 12.1. The molecule has 0 radical (unpaired) electrons. The second kappa shape index (κ2) is 9.35. The molecule has 0 unspecified atom stereocenters. The third-order valence-corrected chi connectivity index (χ3v) is 7.03. The Morgan fingerprint density at radius 3 is 2.57 bits per heavy atom. The molecule has 35 heavy (non-hydrogen) atoms. The van der Waals surface area contributed by atoms with Crippen LogP contribution in [0.15, 0.2) is 87.8 Å². The van der Waals surface area contributed by atoms with Crippen LogP contribution in [0.3, 0.4) is 0 Å². The first kappa shape index (κ1) is 22.8. The van der Waals surface area contributed by atoms with Crippen molar-refractivity contribution in [3.8, 4) is 5.75 Å². The number of allylic oxidation sites excluding steroid dienone is 1. The van der Waals surface area contributed by atoms with Crippen molar-refractivity contribution >= 4 is 34.2 Å². The Balaban J connectivity index is 1.77. The molecule has 1 aliphatic heterocycles. The van der Waals surface area contributed by atoms with E-state index in [1.165, 1.54) is 11.3 Å². The van der Waals surface area contributed by atoms with Crippen LogP contribution in [0.2, 0.25) is 0 Å². The smallest absolute Gasteiger partial charge is 0.338 e. The average molecular weight is 485 g/mol. The summed E-state index contributed by atoms with van der Waals surface area (Å²) in [7, 11) is 1.61. The quantitative estimate of drug-likeness (QED) is 0.402. The number of carbonyl (C=O) groups excluding carboxylic acids is 1. The average Bonchev–Trinajstić information content (AvgIpc) is 3.17. The molecule has 1 atom stereocenters. The molecular weight excluding hydrogens is 460 g/mol. The Bertz CT molecular complexity index is 1640. The van der Waals surface area contributed by atoms with E-state index in [1.54, 1.807) is 25.5 Å². The molecule has 0 bridgehead atoms. The number of rotatable bonds is 5. The molecule has 2 heterocycles. The Morgan fingerprint density at radius 2 is 1.83 bits per heavy atom. The van der Waals surface area contributed by atoms with Crippen molar-refractivity contribution < 1.29 is 14.3 Å². The van der Waals surface area contributed by atoms with Crippen LogP contribution in [0.5, 0.6) is 5.75 Å². The van der Waals surface area contributed by atoms with Gasteiger partial charge in [-0.25, -0.2) is 9.79 Å². The minimum Gasteiger partial charge on any atom is -0.497 e. The van der Waals surface area contributed by atoms with Crippen molar-refractivity contribution in [2.45, 2.75) is 19.9 Å². The minimum absolute atomic E-state index is 0.197. The predicted molar refractivity (Wildman–Crippen MR) is 137 cm³/mol. The summed E-state index contributed by atoms with van der Waals surface area (Å²) in [5.41, 5.74) is 2.47. The molecule has 0 aliphatic carbocycles. The van der Waals surface area contributed by atoms with Crippen molar-refractivity contribution in [2.24, 2.45) is 4.99 Å². The van der Waals surface area contributed by atoms with Crippen molar-refractivity contribution in [1.29, 1.82) is 0 Å². The zero-order chi connectivity index (χ0) is 24.5. The van der Waals surface area contributed by atoms with Gasteiger partial charge in [0, 0.05) is 0 Å². The number of aromatic nitrogens is 1. The number of carbonyl (C=O) groups is 1. The lowest BCUT2D eigenvalue weighted by Crippen LogP contribution is -2.40. The summed E-state index contributed by atoms with van der Waals surface area (Å²) >= 11 is 1.31. The van der Waals surface area contributed by atoms with Gasteiger partial charge >= 0.3 is 5.97 Å². The monoisotopic (exact) mass is 484 g/mol. The van der Waals surface area contributed by atoms with E-state index in [0.717, 1.165) is 27.6 Å². The lowest BCUT2D eigenvalue weighted by atomic mass is 9.91. The van der Waals surface area contributed by atoms with Crippen LogP contribution < -0.4 is 19.6 Å². The SMILES string of the molecule is CCOC(=O)C1=C(C)N=c2s/c(=C\c3ccc(OC)cc3)c(=O)n2[C@@H]1c1cccc2ccccc12. The van der Waals surface area contributed by atoms with E-state index in [4.69, 9.17) is 9.47 Å². The van der Waals surface area contributed by atoms with Crippen LogP contribution >= 0.6 is 11.3 Å². The van der Waals surface area contributed by atoms with E-state index in [9.17, 15) is 9.59 Å². The summed E-state index contributed by atoms with van der Waals surface area (Å²) in [5, 5.41) is 2.00. The fourth-order valence-electron chi connectivity index (χ4n) is 4.43. The van der Waals surface area contributed by atoms with E-state index in [2.05, 4.69) is 4.99 Å². The Labute approximate surface area is 206 Å². The van der Waals surface area contributed by atoms with Gasteiger partial charge in [0.2, 0.25) is 0 Å². The van der Waals surface area contributed by atoms with E-state index in [0.29, 0.717) is 20.6 Å². The van der Waals surface area contributed by atoms with E-state index < -0.39 is 12.0 Å². The van der Waals surface area contributed by atoms with Crippen molar-refractivity contribution in [1.82, 2.24) is 4.57 Å². The predicted octanol–water partition coefficient (Wildman–Crippen LogP) is 3.96. The second-order valence-corrected chi connectivity index (χ2v) is 9.15. The van der Waals surface area contributed by atoms with Crippen LogP contribution in [0, 0.1) is 0 Å². The summed E-state index contributed by atoms with van der Waals surface area (Å²) in [5.74, 6) is 0.283. The summed E-state index contributed by atoms with van der Waals surface area (Å²) in [6, 6.07) is 20.7. The van der Waals surface area contributed by atoms with Gasteiger partial charge in [-0.1, -0.05) is 65.9 Å². The molecule has 0 amide bonds. The Hall–Kier alpha value is -3.97. The van der Waals surface area contributed by atoms with Crippen LogP contribution in [-0.2, 0) is 9.53 Å². The van der Waals surface area contributed by atoms with Gasteiger partial charge in [0.15, 0.2) is 4.80 Å². The van der Waals surface area contributed by atoms with Crippen molar-refractivity contribution in [3.05, 3.63) is 109 Å². The normalized spacial score (nSPS) is 15.6. The number of hydrogen-bond donors (Lipinski definition) is 0. The molecule has 3 aromatic carbocycles. The molecule has 4 aromatic rings. The second-order valence-electron chi connectivity index (χ2n) is 8.14. The number of fused-ring (bicyclic) bond motifs is 2. The first-order chi connectivity index (χ1) is 17.0. The molecule has 0 saturated carbocycles. The summed E-state index contributed by atoms with van der Waals surface area (Å²) in [6.07, 6.45) is 1.84. The molecule has 176 valence electrons. The maximum Gasteiger partial charge on any atom is 0.338 e. The van der Waals surface area contributed by atoms with Gasteiger partial charge in [0.25, 0.3) is 5.56 Å². The Kier molecular flexibility index (Phi) is 6.09. The van der Waals surface area contributed by atoms with E-state index >= 15 is 0 Å². The van der Waals surface area contributed by atoms with Crippen molar-refractivity contribution in [3.63, 3.8) is 0 Å². The number of thiazole rings is 1. The molecule has 0 fully saturated rings. The lowest BCUT2D eigenvalue weighted by molar-refractivity contribution is -0.139. The highest BCUT2D eigenvalue weighted by Crippen LogP contribution is 2.34. The summed E-state index contributed by atoms with van der Waals surface area (Å²) < 4.78 is 12.8. The van der Waals surface area contributed by atoms with Gasteiger partial charge < -0.3 is 9.47 Å². The fraction of sp³-hybridized carbons (Fsp3) is 0.179. The molecule has 6 nitrogen and oxygen atoms in total. The third kappa shape index (κ3) is 4.08. The van der Waals surface area contributed by atoms with Gasteiger partial charge in [-0.3, -0.25) is 9.36 Å². The van der Waals surface area contributed by atoms with Crippen LogP contribution in [-0.4, -0.2) is 24.3 Å². The number of methoxy groups -OCH3 is 1. The molecule has 7 heteroatoms. The number of ether oxygens (including phenoxy) is 2. The van der Waals surface area contributed by atoms with Crippen LogP contribution in [0.1, 0.15) is 31.0 Å². The van der Waals surface area contributed by atoms with Crippen LogP contribution in [0.25, 0.3) is 16.8 Å². The molecule has 1 aliphatic rings. The highest BCUT2D eigenvalue weighted by molar-refractivity contribution is 7.07. The third-order valence-electron chi connectivity index (χ3n) is 6.05. The molecule has 0 spiro atoms. The van der Waals surface area contributed by atoms with Gasteiger partial charge in [-0.15, -0.1) is 0 Å². The maximum atomic E-state index is 13.8. The molecule has 0 saturated heterocycles. The van der Waals surface area contributed by atoms with E-state index in [1.807, 2.05) is 72.8 Å². The maximum absolute atomic E-state index is 13.8. The largest absolute Gasteiger partial charge is 0.497 e. The highest BCUT2D eigenvalue weighted by atomic mass is 32.1. The van der Waals surface area contributed by atoms with E-state index in [-0.39, 0.29) is 12.2 Å². The molecule has 0 N–H and O–H groups in total. The number of esters is 1. The molecular formula is C28H24N2O4S. The minimum atomic E-state index is -0.644. The zero-order valence-corrected chi connectivity index (χ0v) is 20.5. The zero-order valence-electron chi connectivity index (χ0n) is 19.6. The van der Waals surface area contributed by atoms with Gasteiger partial charge in [0.05, 0.1) is 35.6 Å². The van der Waals surface area contributed by atoms with Gasteiger partial charge in [-0.05, 0) is 54.0 Å². The standard InChI is InChI=1S/C28H24N2O4S/c1-4-34-27(32)24-17(2)29-28-30(25(24)22-11-7-9-19-8-5-6-10-21(19)22)26(31)23(35-28)16-18-12-14-20(33-3)15-13-18/h5-16,25H,4H2,1-3H3/b23-16-/t25-/m1/s1. The summed E-state index contributed by atoms with van der Waals surface area (Å²) in [4.78, 5) is 32.1. The lowest BCUT2D eigenvalue weighted by Gasteiger charge is -2.25. The van der Waals surface area contributed by atoms with Crippen molar-refractivity contribution in [2.75, 3.05) is 13.7 Å². The Morgan fingerprint density at radius 1 is 1.09 bits per heavy atom. The van der Waals surface area contributed by atoms with Gasteiger partial charge in [0.1, 0.15) is 5.75 Å². The topological polar surface area (TPSA) is 69.9 Å².